The molecule has 0 aliphatic carbocycles. The topological polar surface area (TPSA) is 17.8 Å². The molecule has 0 fully saturated rings. The van der Waals surface area contributed by atoms with E-state index in [0.29, 0.717) is 0 Å². The fourth-order valence-electron chi connectivity index (χ4n) is 6.57. The molecule has 0 bridgehead atoms. The van der Waals surface area contributed by atoms with Crippen LogP contribution in [0.1, 0.15) is 0 Å². The highest BCUT2D eigenvalue weighted by Crippen LogP contribution is 2.45. The second-order valence-corrected chi connectivity index (χ2v) is 12.3. The fourth-order valence-corrected chi connectivity index (χ4v) is 7.81. The monoisotopic (exact) mass is 578 g/mol. The molecule has 3 aromatic heterocycles. The van der Waals surface area contributed by atoms with E-state index in [1.807, 2.05) is 23.6 Å². The zero-order valence-electron chi connectivity index (χ0n) is 23.8. The first-order chi connectivity index (χ1) is 21.8. The van der Waals surface area contributed by atoms with Crippen LogP contribution >= 0.6 is 11.3 Å². The zero-order valence-corrected chi connectivity index (χ0v) is 24.6. The fraction of sp³-hybridized carbons (Fsp3) is 0. The highest BCUT2D eigenvalue weighted by Gasteiger charge is 2.18. The summed E-state index contributed by atoms with van der Waals surface area (Å²) in [5.74, 6) is 0. The minimum atomic E-state index is 0.987. The number of pyridine rings is 1. The second kappa shape index (κ2) is 10.0. The van der Waals surface area contributed by atoms with Crippen molar-refractivity contribution in [3.05, 3.63) is 158 Å². The average Bonchev–Trinajstić information content (AvgIpc) is 3.64. The quantitative estimate of drug-likeness (QED) is 0.203. The van der Waals surface area contributed by atoms with Gasteiger partial charge in [-0.25, -0.2) is 0 Å². The number of fused-ring (bicyclic) bond motifs is 7. The number of benzene rings is 6. The molecular weight excluding hydrogens is 553 g/mol. The van der Waals surface area contributed by atoms with Gasteiger partial charge in [0.2, 0.25) is 0 Å². The van der Waals surface area contributed by atoms with Gasteiger partial charge in [-0.15, -0.1) is 11.3 Å². The van der Waals surface area contributed by atoms with E-state index in [2.05, 4.69) is 155 Å². The second-order valence-electron chi connectivity index (χ2n) is 11.2. The van der Waals surface area contributed by atoms with Crippen LogP contribution < -0.4 is 0 Å². The molecule has 0 saturated heterocycles. The largest absolute Gasteiger partial charge is 0.309 e. The number of hydrogen-bond donors (Lipinski definition) is 0. The van der Waals surface area contributed by atoms with Crippen molar-refractivity contribution in [1.29, 1.82) is 0 Å². The summed E-state index contributed by atoms with van der Waals surface area (Å²) >= 11 is 1.89. The van der Waals surface area contributed by atoms with E-state index in [1.54, 1.807) is 0 Å². The number of aromatic nitrogens is 2. The highest BCUT2D eigenvalue weighted by atomic mass is 32.1. The van der Waals surface area contributed by atoms with Crippen LogP contribution in [0.2, 0.25) is 0 Å². The van der Waals surface area contributed by atoms with Gasteiger partial charge in [0.15, 0.2) is 0 Å². The number of thiophene rings is 1. The maximum absolute atomic E-state index is 4.66. The van der Waals surface area contributed by atoms with Gasteiger partial charge in [0.1, 0.15) is 0 Å². The SMILES string of the molecule is c1ccc(-c2cccc(-c3ccc4sc5c(ccc6c5c5cc(-c7ccccn7)ccc5n6-c5ccccc5)c4c3)c2)cc1. The maximum atomic E-state index is 4.66. The summed E-state index contributed by atoms with van der Waals surface area (Å²) in [6.07, 6.45) is 1.87. The van der Waals surface area contributed by atoms with Crippen LogP contribution in [0.4, 0.5) is 0 Å². The van der Waals surface area contributed by atoms with Gasteiger partial charge in [-0.05, 0) is 82.9 Å². The smallest absolute Gasteiger partial charge is 0.0702 e. The van der Waals surface area contributed by atoms with E-state index in [1.165, 1.54) is 69.9 Å². The molecule has 0 atom stereocenters. The Bertz CT molecular complexity index is 2470. The Morgan fingerprint density at radius 1 is 0.455 bits per heavy atom. The van der Waals surface area contributed by atoms with Crippen molar-refractivity contribution in [3.8, 4) is 39.2 Å². The Morgan fingerprint density at radius 3 is 1.95 bits per heavy atom. The Balaban J connectivity index is 1.29. The average molecular weight is 579 g/mol. The molecule has 0 N–H and O–H groups in total. The molecular formula is C41H26N2S. The van der Waals surface area contributed by atoms with Crippen LogP contribution in [-0.4, -0.2) is 9.55 Å². The number of hydrogen-bond acceptors (Lipinski definition) is 2. The molecule has 0 saturated carbocycles. The highest BCUT2D eigenvalue weighted by molar-refractivity contribution is 7.26. The molecule has 0 spiro atoms. The molecule has 0 unspecified atom stereocenters. The molecule has 3 heterocycles. The van der Waals surface area contributed by atoms with Gasteiger partial charge in [-0.1, -0.05) is 91.0 Å². The van der Waals surface area contributed by atoms with Crippen molar-refractivity contribution in [3.63, 3.8) is 0 Å². The molecule has 3 heteroatoms. The summed E-state index contributed by atoms with van der Waals surface area (Å²) in [6, 6.07) is 54.6. The molecule has 0 amide bonds. The normalized spacial score (nSPS) is 11.6. The van der Waals surface area contributed by atoms with Gasteiger partial charge in [0, 0.05) is 48.4 Å². The first kappa shape index (κ1) is 25.0. The maximum Gasteiger partial charge on any atom is 0.0702 e. The van der Waals surface area contributed by atoms with E-state index in [-0.39, 0.29) is 0 Å². The van der Waals surface area contributed by atoms with Crippen molar-refractivity contribution >= 4 is 53.3 Å². The van der Waals surface area contributed by atoms with Crippen molar-refractivity contribution in [1.82, 2.24) is 9.55 Å². The Morgan fingerprint density at radius 2 is 1.14 bits per heavy atom. The lowest BCUT2D eigenvalue weighted by atomic mass is 9.98. The summed E-state index contributed by atoms with van der Waals surface area (Å²) in [5.41, 5.74) is 10.6. The van der Waals surface area contributed by atoms with Crippen molar-refractivity contribution in [2.75, 3.05) is 0 Å². The summed E-state index contributed by atoms with van der Waals surface area (Å²) in [5, 5.41) is 5.15. The molecule has 6 aromatic carbocycles. The summed E-state index contributed by atoms with van der Waals surface area (Å²) < 4.78 is 5.03. The molecule has 206 valence electrons. The lowest BCUT2D eigenvalue weighted by molar-refractivity contribution is 1.18. The molecule has 2 nitrogen and oxygen atoms in total. The third-order valence-electron chi connectivity index (χ3n) is 8.64. The predicted molar refractivity (Wildman–Crippen MR) is 188 cm³/mol. The van der Waals surface area contributed by atoms with Crippen molar-refractivity contribution in [2.45, 2.75) is 0 Å². The van der Waals surface area contributed by atoms with Gasteiger partial charge >= 0.3 is 0 Å². The van der Waals surface area contributed by atoms with Crippen LogP contribution in [0.3, 0.4) is 0 Å². The molecule has 9 aromatic rings. The Labute approximate surface area is 259 Å². The number of rotatable bonds is 4. The molecule has 0 radical (unpaired) electrons. The van der Waals surface area contributed by atoms with Gasteiger partial charge in [-0.2, -0.15) is 0 Å². The van der Waals surface area contributed by atoms with E-state index in [4.69, 9.17) is 0 Å². The third-order valence-corrected chi connectivity index (χ3v) is 9.85. The standard InChI is InChI=1S/C41H26N2S/c1-3-10-27(11-4-1)28-12-9-13-29(24-28)30-18-22-39-34(25-30)33-19-21-38-40(41(33)44-39)35-26-31(36-16-7-8-23-42-36)17-20-37(35)43(38)32-14-5-2-6-15-32/h1-26H. The summed E-state index contributed by atoms with van der Waals surface area (Å²) in [4.78, 5) is 4.66. The summed E-state index contributed by atoms with van der Waals surface area (Å²) in [6.45, 7) is 0. The van der Waals surface area contributed by atoms with E-state index in [0.717, 1.165) is 11.3 Å². The molecule has 44 heavy (non-hydrogen) atoms. The van der Waals surface area contributed by atoms with Gasteiger partial charge in [0.05, 0.1) is 16.7 Å². The lowest BCUT2D eigenvalue weighted by Gasteiger charge is -2.08. The van der Waals surface area contributed by atoms with Crippen molar-refractivity contribution < 1.29 is 0 Å². The van der Waals surface area contributed by atoms with Gasteiger partial charge in [-0.3, -0.25) is 4.98 Å². The molecule has 0 aliphatic heterocycles. The lowest BCUT2D eigenvalue weighted by Crippen LogP contribution is -1.93. The Hall–Kier alpha value is -5.51. The third kappa shape index (κ3) is 3.98. The van der Waals surface area contributed by atoms with Crippen LogP contribution in [-0.2, 0) is 0 Å². The zero-order chi connectivity index (χ0) is 29.0. The minimum absolute atomic E-state index is 0.987. The number of para-hydroxylation sites is 1. The Kier molecular flexibility index (Phi) is 5.71. The van der Waals surface area contributed by atoms with Gasteiger partial charge < -0.3 is 4.57 Å². The van der Waals surface area contributed by atoms with Gasteiger partial charge in [0.25, 0.3) is 0 Å². The van der Waals surface area contributed by atoms with Crippen LogP contribution in [0.5, 0.6) is 0 Å². The van der Waals surface area contributed by atoms with E-state index < -0.39 is 0 Å². The number of nitrogens with zero attached hydrogens (tertiary/aromatic N) is 2. The van der Waals surface area contributed by atoms with Crippen LogP contribution in [0.15, 0.2) is 158 Å². The molecule has 0 aliphatic rings. The van der Waals surface area contributed by atoms with E-state index >= 15 is 0 Å². The minimum Gasteiger partial charge on any atom is -0.309 e. The van der Waals surface area contributed by atoms with Crippen LogP contribution in [0, 0.1) is 0 Å². The molecule has 9 rings (SSSR count). The van der Waals surface area contributed by atoms with E-state index in [9.17, 15) is 0 Å². The predicted octanol–water partition coefficient (Wildman–Crippen LogP) is 11.5. The van der Waals surface area contributed by atoms with Crippen LogP contribution in [0.25, 0.3) is 81.2 Å². The first-order valence-corrected chi connectivity index (χ1v) is 15.7. The summed E-state index contributed by atoms with van der Waals surface area (Å²) in [7, 11) is 0. The first-order valence-electron chi connectivity index (χ1n) is 14.9. The van der Waals surface area contributed by atoms with Crippen molar-refractivity contribution in [2.24, 2.45) is 0 Å².